The minimum Gasteiger partial charge on any atom is -0.444 e. The zero-order chi connectivity index (χ0) is 29.7. The largest absolute Gasteiger partial charge is 0.444 e. The number of aromatic nitrogens is 2. The van der Waals surface area contributed by atoms with Crippen LogP contribution in [-0.2, 0) is 6.18 Å². The molecule has 0 amide bonds. The normalized spacial score (nSPS) is 11.2. The predicted octanol–water partition coefficient (Wildman–Crippen LogP) is 5.38. The summed E-state index contributed by atoms with van der Waals surface area (Å²) in [6, 6.07) is 15.9. The van der Waals surface area contributed by atoms with Crippen molar-refractivity contribution in [2.45, 2.75) is 6.18 Å². The Morgan fingerprint density at radius 1 is 1.02 bits per heavy atom. The van der Waals surface area contributed by atoms with Gasteiger partial charge in [0.05, 0.1) is 27.3 Å². The first-order valence-corrected chi connectivity index (χ1v) is 11.2. The number of hydrazone groups is 1. The second kappa shape index (κ2) is 11.3. The van der Waals surface area contributed by atoms with Crippen molar-refractivity contribution in [1.82, 2.24) is 9.97 Å². The molecule has 4 aromatic rings. The number of ether oxygens (including phenoxy) is 1. The summed E-state index contributed by atoms with van der Waals surface area (Å²) in [5.41, 5.74) is -1.30. The van der Waals surface area contributed by atoms with E-state index in [0.29, 0.717) is 11.1 Å². The third-order valence-corrected chi connectivity index (χ3v) is 5.33. The van der Waals surface area contributed by atoms with Gasteiger partial charge in [-0.25, -0.2) is 10.4 Å². The molecule has 16 heteroatoms. The van der Waals surface area contributed by atoms with E-state index in [1.54, 1.807) is 30.3 Å². The van der Waals surface area contributed by atoms with Crippen LogP contribution in [-0.4, -0.2) is 26.0 Å². The van der Waals surface area contributed by atoms with Crippen LogP contribution < -0.4 is 15.7 Å². The summed E-state index contributed by atoms with van der Waals surface area (Å²) in [4.78, 5) is 39.3. The Bertz CT molecular complexity index is 1730. The fourth-order valence-corrected chi connectivity index (χ4v) is 3.48. The SMILES string of the molecule is N#Cc1c(-c2ccccc2)nc(NN=Cc2ccc(Oc3c([N+](=O)[O-])cc(C(F)(F)F)cc3[N+](=O)[O-])cc2)[nH]c1=O. The predicted molar refractivity (Wildman–Crippen MR) is 137 cm³/mol. The van der Waals surface area contributed by atoms with Crippen LogP contribution in [0.4, 0.5) is 30.5 Å². The highest BCUT2D eigenvalue weighted by molar-refractivity contribution is 5.80. The van der Waals surface area contributed by atoms with Crippen molar-refractivity contribution in [3.63, 3.8) is 0 Å². The van der Waals surface area contributed by atoms with E-state index in [1.165, 1.54) is 30.5 Å². The molecule has 1 aromatic heterocycles. The molecule has 3 aromatic carbocycles. The zero-order valence-electron chi connectivity index (χ0n) is 20.2. The lowest BCUT2D eigenvalue weighted by Gasteiger charge is -2.11. The van der Waals surface area contributed by atoms with Gasteiger partial charge in [0.2, 0.25) is 5.95 Å². The summed E-state index contributed by atoms with van der Waals surface area (Å²) in [7, 11) is 0. The third-order valence-electron chi connectivity index (χ3n) is 5.33. The summed E-state index contributed by atoms with van der Waals surface area (Å²) in [6.45, 7) is 0. The molecule has 0 unspecified atom stereocenters. The minimum absolute atomic E-state index is 0.0639. The van der Waals surface area contributed by atoms with Crippen LogP contribution in [0.15, 0.2) is 76.6 Å². The first kappa shape index (κ1) is 27.9. The van der Waals surface area contributed by atoms with Crippen LogP contribution in [0.3, 0.4) is 0 Å². The van der Waals surface area contributed by atoms with Crippen LogP contribution >= 0.6 is 0 Å². The molecule has 13 nitrogen and oxygen atoms in total. The number of nitriles is 1. The maximum absolute atomic E-state index is 13.1. The van der Waals surface area contributed by atoms with E-state index in [0.717, 1.165) is 0 Å². The second-order valence-electron chi connectivity index (χ2n) is 8.01. The molecule has 0 bridgehead atoms. The van der Waals surface area contributed by atoms with E-state index in [-0.39, 0.29) is 35.1 Å². The number of nitro benzene ring substituents is 2. The Morgan fingerprint density at radius 3 is 2.17 bits per heavy atom. The van der Waals surface area contributed by atoms with Gasteiger partial charge in [0, 0.05) is 17.7 Å². The third kappa shape index (κ3) is 6.31. The Labute approximate surface area is 226 Å². The average molecular weight is 565 g/mol. The highest BCUT2D eigenvalue weighted by atomic mass is 19.4. The summed E-state index contributed by atoms with van der Waals surface area (Å²) < 4.78 is 44.6. The first-order valence-electron chi connectivity index (χ1n) is 11.2. The molecule has 0 saturated heterocycles. The molecule has 41 heavy (non-hydrogen) atoms. The van der Waals surface area contributed by atoms with Crippen molar-refractivity contribution in [3.8, 4) is 28.8 Å². The Balaban J connectivity index is 1.56. The van der Waals surface area contributed by atoms with Crippen molar-refractivity contribution in [2.75, 3.05) is 5.43 Å². The Kier molecular flexibility index (Phi) is 7.71. The number of aromatic amines is 1. The molecule has 0 saturated carbocycles. The second-order valence-corrected chi connectivity index (χ2v) is 8.01. The summed E-state index contributed by atoms with van der Waals surface area (Å²) >= 11 is 0. The number of anilines is 1. The lowest BCUT2D eigenvalue weighted by Crippen LogP contribution is -2.16. The number of alkyl halides is 3. The van der Waals surface area contributed by atoms with E-state index < -0.39 is 44.3 Å². The van der Waals surface area contributed by atoms with Gasteiger partial charge < -0.3 is 4.74 Å². The lowest BCUT2D eigenvalue weighted by molar-refractivity contribution is -0.396. The molecular weight excluding hydrogens is 551 g/mol. The number of halogens is 3. The van der Waals surface area contributed by atoms with Crippen LogP contribution in [0.2, 0.25) is 0 Å². The van der Waals surface area contributed by atoms with Gasteiger partial charge in [-0.15, -0.1) is 0 Å². The van der Waals surface area contributed by atoms with Crippen molar-refractivity contribution in [1.29, 1.82) is 5.26 Å². The van der Waals surface area contributed by atoms with Gasteiger partial charge in [-0.05, 0) is 29.8 Å². The molecule has 2 N–H and O–H groups in total. The van der Waals surface area contributed by atoms with Gasteiger partial charge in [-0.3, -0.25) is 30.0 Å². The number of hydrogen-bond acceptors (Lipinski definition) is 10. The summed E-state index contributed by atoms with van der Waals surface area (Å²) in [6.07, 6.45) is -3.78. The van der Waals surface area contributed by atoms with Gasteiger partial charge in [-0.2, -0.15) is 23.5 Å². The zero-order valence-corrected chi connectivity index (χ0v) is 20.2. The molecule has 4 rings (SSSR count). The van der Waals surface area contributed by atoms with E-state index in [1.807, 2.05) is 6.07 Å². The Morgan fingerprint density at radius 2 is 1.63 bits per heavy atom. The standard InChI is InChI=1S/C25H14F3N7O6/c26-25(27,28)16-10-19(34(37)38)22(20(11-16)35(39)40)41-17-8-6-14(7-9-17)13-30-33-24-31-21(15-4-2-1-3-5-15)18(12-29)23(36)32-24/h1-11,13H,(H2,31,32,33,36). The van der Waals surface area contributed by atoms with E-state index in [4.69, 9.17) is 4.74 Å². The number of nitrogens with zero attached hydrogens (tertiary/aromatic N) is 5. The van der Waals surface area contributed by atoms with Crippen LogP contribution in [0.25, 0.3) is 11.3 Å². The highest BCUT2D eigenvalue weighted by Gasteiger charge is 2.38. The summed E-state index contributed by atoms with van der Waals surface area (Å²) in [5.74, 6) is -1.18. The monoisotopic (exact) mass is 565 g/mol. The number of rotatable bonds is 8. The molecule has 0 aliphatic heterocycles. The maximum atomic E-state index is 13.1. The smallest absolute Gasteiger partial charge is 0.416 e. The molecule has 0 aliphatic carbocycles. The molecular formula is C25H14F3N7O6. The molecule has 0 spiro atoms. The van der Waals surface area contributed by atoms with E-state index >= 15 is 0 Å². The molecule has 1 heterocycles. The highest BCUT2D eigenvalue weighted by Crippen LogP contribution is 2.44. The van der Waals surface area contributed by atoms with Gasteiger partial charge >= 0.3 is 17.6 Å². The maximum Gasteiger partial charge on any atom is 0.416 e. The molecule has 206 valence electrons. The number of benzene rings is 3. The van der Waals surface area contributed by atoms with Gasteiger partial charge in [-0.1, -0.05) is 30.3 Å². The van der Waals surface area contributed by atoms with Crippen molar-refractivity contribution < 1.29 is 27.8 Å². The van der Waals surface area contributed by atoms with E-state index in [9.17, 15) is 43.5 Å². The quantitative estimate of drug-likeness (QED) is 0.160. The van der Waals surface area contributed by atoms with Crippen LogP contribution in [0.5, 0.6) is 11.5 Å². The Hall–Kier alpha value is -6.11. The fourth-order valence-electron chi connectivity index (χ4n) is 3.48. The van der Waals surface area contributed by atoms with Crippen LogP contribution in [0, 0.1) is 31.6 Å². The molecule has 0 radical (unpaired) electrons. The molecule has 0 atom stereocenters. The average Bonchev–Trinajstić information content (AvgIpc) is 2.93. The van der Waals surface area contributed by atoms with Gasteiger partial charge in [0.15, 0.2) is 0 Å². The number of H-pyrrole nitrogens is 1. The summed E-state index contributed by atoms with van der Waals surface area (Å²) in [5, 5.41) is 36.1. The number of nitro groups is 2. The topological polar surface area (TPSA) is 189 Å². The minimum atomic E-state index is -5.06. The lowest BCUT2D eigenvalue weighted by atomic mass is 10.1. The van der Waals surface area contributed by atoms with E-state index in [2.05, 4.69) is 20.5 Å². The number of hydrogen-bond donors (Lipinski definition) is 2. The van der Waals surface area contributed by atoms with Gasteiger partial charge in [0.25, 0.3) is 11.3 Å². The molecule has 0 aliphatic rings. The first-order chi connectivity index (χ1) is 19.5. The molecule has 0 fully saturated rings. The van der Waals surface area contributed by atoms with Gasteiger partial charge in [0.1, 0.15) is 17.4 Å². The number of nitrogens with one attached hydrogen (secondary N) is 2. The van der Waals surface area contributed by atoms with Crippen molar-refractivity contribution >= 4 is 23.5 Å². The fraction of sp³-hybridized carbons (Fsp3) is 0.0400. The van der Waals surface area contributed by atoms with Crippen LogP contribution in [0.1, 0.15) is 16.7 Å². The van der Waals surface area contributed by atoms with Crippen molar-refractivity contribution in [3.05, 3.63) is 114 Å². The van der Waals surface area contributed by atoms with Crippen molar-refractivity contribution in [2.24, 2.45) is 5.10 Å².